The molecule has 2 unspecified atom stereocenters. The Kier molecular flexibility index (Phi) is 4.86. The van der Waals surface area contributed by atoms with Crippen LogP contribution in [0.1, 0.15) is 34.1 Å². The highest BCUT2D eigenvalue weighted by molar-refractivity contribution is 7.99. The molecule has 0 saturated carbocycles. The lowest BCUT2D eigenvalue weighted by atomic mass is 9.97. The van der Waals surface area contributed by atoms with Crippen LogP contribution < -0.4 is 5.32 Å². The predicted molar refractivity (Wildman–Crippen MR) is 85.2 cm³/mol. The fourth-order valence-corrected chi connectivity index (χ4v) is 3.60. The average molecular weight is 303 g/mol. The van der Waals surface area contributed by atoms with E-state index in [2.05, 4.69) is 42.4 Å². The highest BCUT2D eigenvalue weighted by Gasteiger charge is 2.28. The Bertz CT molecular complexity index is 645. The molecule has 0 aromatic carbocycles. The quantitative estimate of drug-likeness (QED) is 0.831. The van der Waals surface area contributed by atoms with Gasteiger partial charge in [0.05, 0.1) is 6.07 Å². The zero-order chi connectivity index (χ0) is 15.5. The van der Waals surface area contributed by atoms with Crippen LogP contribution >= 0.6 is 11.8 Å². The molecule has 2 atom stereocenters. The van der Waals surface area contributed by atoms with E-state index in [4.69, 9.17) is 0 Å². The molecule has 0 fully saturated rings. The first-order valence-electron chi connectivity index (χ1n) is 7.09. The summed E-state index contributed by atoms with van der Waals surface area (Å²) >= 11 is 1.65. The predicted octanol–water partition coefficient (Wildman–Crippen LogP) is 2.88. The van der Waals surface area contributed by atoms with E-state index in [1.54, 1.807) is 11.8 Å². The van der Waals surface area contributed by atoms with E-state index < -0.39 is 5.54 Å². The Morgan fingerprint density at radius 2 is 2.14 bits per heavy atom. The van der Waals surface area contributed by atoms with Crippen molar-refractivity contribution in [3.05, 3.63) is 24.4 Å². The minimum absolute atomic E-state index is 0.258. The van der Waals surface area contributed by atoms with E-state index in [0.29, 0.717) is 0 Å². The van der Waals surface area contributed by atoms with Crippen molar-refractivity contribution in [1.29, 1.82) is 5.26 Å². The minimum atomic E-state index is -0.527. The molecular weight excluding hydrogens is 282 g/mol. The van der Waals surface area contributed by atoms with E-state index in [-0.39, 0.29) is 11.3 Å². The van der Waals surface area contributed by atoms with Gasteiger partial charge in [0.15, 0.2) is 10.8 Å². The lowest BCUT2D eigenvalue weighted by molar-refractivity contribution is 0.382. The van der Waals surface area contributed by atoms with Gasteiger partial charge >= 0.3 is 0 Å². The van der Waals surface area contributed by atoms with Crippen LogP contribution in [-0.2, 0) is 0 Å². The summed E-state index contributed by atoms with van der Waals surface area (Å²) in [5, 5.41) is 22.3. The average Bonchev–Trinajstić information content (AvgIpc) is 2.81. The Balaban J connectivity index is 2.08. The molecule has 2 aromatic heterocycles. The molecule has 21 heavy (non-hydrogen) atoms. The number of aromatic nitrogens is 3. The second-order valence-corrected chi connectivity index (χ2v) is 7.19. The number of pyridine rings is 1. The van der Waals surface area contributed by atoms with Gasteiger partial charge in [0, 0.05) is 17.5 Å². The SMILES string of the molecule is CC(C)NC(C)(C#N)CC(C)Sc1nnc2ccccn12. The molecule has 0 amide bonds. The summed E-state index contributed by atoms with van der Waals surface area (Å²) in [5.41, 5.74) is 0.316. The molecule has 2 heterocycles. The van der Waals surface area contributed by atoms with Crippen molar-refractivity contribution >= 4 is 17.4 Å². The summed E-state index contributed by atoms with van der Waals surface area (Å²) in [6, 6.07) is 8.51. The van der Waals surface area contributed by atoms with Gasteiger partial charge in [0.25, 0.3) is 0 Å². The van der Waals surface area contributed by atoms with Gasteiger partial charge in [0.1, 0.15) is 5.54 Å². The highest BCUT2D eigenvalue weighted by atomic mass is 32.2. The summed E-state index contributed by atoms with van der Waals surface area (Å²) in [4.78, 5) is 0. The highest BCUT2D eigenvalue weighted by Crippen LogP contribution is 2.27. The van der Waals surface area contributed by atoms with Gasteiger partial charge in [0.2, 0.25) is 0 Å². The number of fused-ring (bicyclic) bond motifs is 1. The van der Waals surface area contributed by atoms with E-state index in [9.17, 15) is 5.26 Å². The lowest BCUT2D eigenvalue weighted by Gasteiger charge is -2.28. The van der Waals surface area contributed by atoms with Crippen molar-refractivity contribution < 1.29 is 0 Å². The molecule has 0 aliphatic carbocycles. The number of thioether (sulfide) groups is 1. The van der Waals surface area contributed by atoms with E-state index in [1.807, 2.05) is 35.7 Å². The van der Waals surface area contributed by atoms with Crippen molar-refractivity contribution in [2.24, 2.45) is 0 Å². The van der Waals surface area contributed by atoms with Gasteiger partial charge in [-0.3, -0.25) is 9.72 Å². The van der Waals surface area contributed by atoms with E-state index in [0.717, 1.165) is 17.2 Å². The zero-order valence-corrected chi connectivity index (χ0v) is 13.7. The number of nitriles is 1. The molecule has 112 valence electrons. The summed E-state index contributed by atoms with van der Waals surface area (Å²) in [6.07, 6.45) is 2.70. The molecule has 0 radical (unpaired) electrons. The Morgan fingerprint density at radius 1 is 1.38 bits per heavy atom. The van der Waals surface area contributed by atoms with Crippen LogP contribution in [-0.4, -0.2) is 31.4 Å². The monoisotopic (exact) mass is 303 g/mol. The third-order valence-electron chi connectivity index (χ3n) is 3.14. The van der Waals surface area contributed by atoms with Gasteiger partial charge in [-0.2, -0.15) is 5.26 Å². The maximum Gasteiger partial charge on any atom is 0.195 e. The first-order valence-corrected chi connectivity index (χ1v) is 7.97. The summed E-state index contributed by atoms with van der Waals surface area (Å²) < 4.78 is 1.97. The van der Waals surface area contributed by atoms with Crippen molar-refractivity contribution in [3.8, 4) is 6.07 Å². The topological polar surface area (TPSA) is 66.0 Å². The van der Waals surface area contributed by atoms with Gasteiger partial charge in [-0.15, -0.1) is 10.2 Å². The first-order chi connectivity index (χ1) is 9.93. The molecule has 0 saturated heterocycles. The Labute approximate surface area is 129 Å². The molecule has 0 bridgehead atoms. The molecule has 5 nitrogen and oxygen atoms in total. The van der Waals surface area contributed by atoms with Crippen molar-refractivity contribution in [3.63, 3.8) is 0 Å². The number of hydrogen-bond acceptors (Lipinski definition) is 5. The van der Waals surface area contributed by atoms with Crippen LogP contribution in [0.2, 0.25) is 0 Å². The third-order valence-corrected chi connectivity index (χ3v) is 4.20. The van der Waals surface area contributed by atoms with Crippen LogP contribution in [0.4, 0.5) is 0 Å². The standard InChI is InChI=1S/C15H21N5S/c1-11(2)17-15(4,10-16)9-12(3)21-14-19-18-13-7-5-6-8-20(13)14/h5-8,11-12,17H,9H2,1-4H3. The van der Waals surface area contributed by atoms with Crippen LogP contribution in [0, 0.1) is 11.3 Å². The lowest BCUT2D eigenvalue weighted by Crippen LogP contribution is -2.46. The van der Waals surface area contributed by atoms with Crippen molar-refractivity contribution in [2.75, 3.05) is 0 Å². The largest absolute Gasteiger partial charge is 0.297 e. The van der Waals surface area contributed by atoms with Crippen molar-refractivity contribution in [1.82, 2.24) is 19.9 Å². The second-order valence-electron chi connectivity index (χ2n) is 5.79. The number of nitrogens with one attached hydrogen (secondary N) is 1. The number of nitrogens with zero attached hydrogens (tertiary/aromatic N) is 4. The summed E-state index contributed by atoms with van der Waals surface area (Å²) in [7, 11) is 0. The summed E-state index contributed by atoms with van der Waals surface area (Å²) in [5.74, 6) is 0. The molecular formula is C15H21N5S. The Morgan fingerprint density at radius 3 is 2.81 bits per heavy atom. The van der Waals surface area contributed by atoms with Gasteiger partial charge < -0.3 is 0 Å². The van der Waals surface area contributed by atoms with Crippen LogP contribution in [0.3, 0.4) is 0 Å². The fraction of sp³-hybridized carbons (Fsp3) is 0.533. The second kappa shape index (κ2) is 6.46. The molecule has 6 heteroatoms. The molecule has 2 aromatic rings. The molecule has 2 rings (SSSR count). The number of hydrogen-bond donors (Lipinski definition) is 1. The fourth-order valence-electron chi connectivity index (χ4n) is 2.47. The van der Waals surface area contributed by atoms with Crippen LogP contribution in [0.25, 0.3) is 5.65 Å². The Hall–Kier alpha value is -1.58. The van der Waals surface area contributed by atoms with Gasteiger partial charge in [-0.1, -0.05) is 24.8 Å². The van der Waals surface area contributed by atoms with Crippen LogP contribution in [0.5, 0.6) is 0 Å². The first kappa shape index (κ1) is 15.8. The zero-order valence-electron chi connectivity index (χ0n) is 12.9. The molecule has 0 aliphatic heterocycles. The third kappa shape index (κ3) is 3.96. The van der Waals surface area contributed by atoms with E-state index in [1.165, 1.54) is 0 Å². The molecule has 0 spiro atoms. The maximum absolute atomic E-state index is 9.43. The van der Waals surface area contributed by atoms with Gasteiger partial charge in [-0.25, -0.2) is 0 Å². The maximum atomic E-state index is 9.43. The minimum Gasteiger partial charge on any atom is -0.297 e. The van der Waals surface area contributed by atoms with Gasteiger partial charge in [-0.05, 0) is 39.3 Å². The molecule has 0 aliphatic rings. The normalized spacial score (nSPS) is 15.8. The number of rotatable bonds is 6. The van der Waals surface area contributed by atoms with Crippen molar-refractivity contribution in [2.45, 2.75) is 56.1 Å². The van der Waals surface area contributed by atoms with Crippen LogP contribution in [0.15, 0.2) is 29.6 Å². The molecule has 1 N–H and O–H groups in total. The summed E-state index contributed by atoms with van der Waals surface area (Å²) in [6.45, 7) is 8.18. The van der Waals surface area contributed by atoms with E-state index >= 15 is 0 Å². The smallest absolute Gasteiger partial charge is 0.195 e.